The van der Waals surface area contributed by atoms with E-state index in [-0.39, 0.29) is 30.6 Å². The summed E-state index contributed by atoms with van der Waals surface area (Å²) in [5.41, 5.74) is 3.02. The Morgan fingerprint density at radius 2 is 1.86 bits per heavy atom. The summed E-state index contributed by atoms with van der Waals surface area (Å²) in [6.07, 6.45) is 3.66. The van der Waals surface area contributed by atoms with Crippen LogP contribution < -0.4 is 22.5 Å². The number of furan rings is 1. The van der Waals surface area contributed by atoms with E-state index in [2.05, 4.69) is 27.1 Å². The highest BCUT2D eigenvalue weighted by molar-refractivity contribution is 7.90. The minimum absolute atomic E-state index is 0. The summed E-state index contributed by atoms with van der Waals surface area (Å²) in [5.74, 6) is 2.31. The molecule has 232 valence electrons. The van der Waals surface area contributed by atoms with Gasteiger partial charge in [-0.2, -0.15) is 0 Å². The van der Waals surface area contributed by atoms with E-state index in [1.165, 1.54) is 24.7 Å². The molecule has 0 amide bonds. The predicted molar refractivity (Wildman–Crippen MR) is 168 cm³/mol. The predicted octanol–water partition coefficient (Wildman–Crippen LogP) is 4.27. The third-order valence-electron chi connectivity index (χ3n) is 6.76. The molecule has 3 aromatic carbocycles. The van der Waals surface area contributed by atoms with Crippen LogP contribution in [0.2, 0.25) is 5.02 Å². The van der Waals surface area contributed by atoms with Gasteiger partial charge in [0.05, 0.1) is 22.8 Å². The first-order valence-electron chi connectivity index (χ1n) is 13.8. The van der Waals surface area contributed by atoms with Crippen molar-refractivity contribution in [3.63, 3.8) is 0 Å². The van der Waals surface area contributed by atoms with Crippen LogP contribution in [0.5, 0.6) is 5.75 Å². The summed E-state index contributed by atoms with van der Waals surface area (Å²) in [5, 5.41) is 4.51. The summed E-state index contributed by atoms with van der Waals surface area (Å²) >= 11 is 6.50. The van der Waals surface area contributed by atoms with Crippen molar-refractivity contribution in [2.24, 2.45) is 0 Å². The molecule has 1 N–H and O–H groups in total. The Balaban J connectivity index is 0.00000442. The number of hydrogen-bond donors (Lipinski definition) is 1. The van der Waals surface area contributed by atoms with Gasteiger partial charge in [0.1, 0.15) is 51.7 Å². The number of anilines is 2. The van der Waals surface area contributed by atoms with Crippen molar-refractivity contribution in [3.8, 4) is 17.1 Å². The minimum Gasteiger partial charge on any atom is -1.00 e. The quantitative estimate of drug-likeness (QED) is 0.201. The van der Waals surface area contributed by atoms with E-state index in [1.54, 1.807) is 24.3 Å². The lowest BCUT2D eigenvalue weighted by molar-refractivity contribution is -0.0000127. The fraction of sp³-hybridized carbons (Fsp3) is 0.250. The van der Waals surface area contributed by atoms with Crippen LogP contribution in [0.3, 0.4) is 0 Å². The number of nitrogens with one attached hydrogen (secondary N) is 1. The summed E-state index contributed by atoms with van der Waals surface area (Å²) in [4.78, 5) is 11.0. The molecule has 0 aliphatic heterocycles. The number of hydrogen-bond acceptors (Lipinski definition) is 8. The maximum atomic E-state index is 13.5. The van der Waals surface area contributed by atoms with E-state index in [0.717, 1.165) is 35.2 Å². The molecule has 0 fully saturated rings. The Morgan fingerprint density at radius 3 is 2.61 bits per heavy atom. The molecule has 44 heavy (non-hydrogen) atoms. The highest BCUT2D eigenvalue weighted by Crippen LogP contribution is 2.33. The molecule has 0 saturated carbocycles. The van der Waals surface area contributed by atoms with Crippen LogP contribution in [-0.4, -0.2) is 48.4 Å². The van der Waals surface area contributed by atoms with Crippen LogP contribution in [-0.2, 0) is 23.0 Å². The van der Waals surface area contributed by atoms with Gasteiger partial charge >= 0.3 is 0 Å². The first-order valence-corrected chi connectivity index (χ1v) is 16.3. The molecule has 0 unspecified atom stereocenters. The smallest absolute Gasteiger partial charge is 0.148 e. The summed E-state index contributed by atoms with van der Waals surface area (Å²) in [7, 11) is -3.05. The summed E-state index contributed by atoms with van der Waals surface area (Å²) < 4.78 is 48.8. The van der Waals surface area contributed by atoms with E-state index >= 15 is 0 Å². The van der Waals surface area contributed by atoms with E-state index in [9.17, 15) is 12.8 Å². The fourth-order valence-electron chi connectivity index (χ4n) is 4.65. The number of ether oxygens (including phenoxy) is 1. The standard InChI is InChI=1S/C32H32ClFN4O4S.ClH/c1-3-13-38(14-15-43(2,39)40)19-26-9-12-30(42-26)23-7-10-29-27(17-23)32(36-21-35-29)37-25-8-11-31(28(33)18-25)41-20-22-5-4-6-24(34)16-22;/h4-12,16-18,21H,3,13-15,19-20H2,1-2H3,(H,35,36,37);1H/p-1. The van der Waals surface area contributed by atoms with E-state index in [0.29, 0.717) is 46.7 Å². The first-order chi connectivity index (χ1) is 20.7. The van der Waals surface area contributed by atoms with Crippen molar-refractivity contribution in [2.75, 3.05) is 30.4 Å². The Labute approximate surface area is 267 Å². The molecule has 0 spiro atoms. The topological polar surface area (TPSA) is 97.6 Å². The van der Waals surface area contributed by atoms with Gasteiger partial charge in [0, 0.05) is 29.4 Å². The molecule has 0 radical (unpaired) electrons. The zero-order valence-corrected chi connectivity index (χ0v) is 26.6. The zero-order valence-electron chi connectivity index (χ0n) is 24.3. The van der Waals surface area contributed by atoms with Crippen LogP contribution in [0, 0.1) is 5.82 Å². The largest absolute Gasteiger partial charge is 1.00 e. The van der Waals surface area contributed by atoms with Gasteiger partial charge in [0.25, 0.3) is 0 Å². The second-order valence-electron chi connectivity index (χ2n) is 10.3. The van der Waals surface area contributed by atoms with Crippen molar-refractivity contribution in [1.29, 1.82) is 0 Å². The Morgan fingerprint density at radius 1 is 1.02 bits per heavy atom. The number of nitrogens with zero attached hydrogens (tertiary/aromatic N) is 3. The lowest BCUT2D eigenvalue weighted by Crippen LogP contribution is -3.00. The van der Waals surface area contributed by atoms with Gasteiger partial charge in [-0.3, -0.25) is 4.90 Å². The molecule has 2 heterocycles. The molecule has 0 aliphatic carbocycles. The molecular weight excluding hydrogens is 626 g/mol. The van der Waals surface area contributed by atoms with Crippen LogP contribution in [0.4, 0.5) is 15.9 Å². The van der Waals surface area contributed by atoms with Crippen molar-refractivity contribution in [3.05, 3.63) is 101 Å². The lowest BCUT2D eigenvalue weighted by Gasteiger charge is -2.19. The SMILES string of the molecule is CCCN(CCS(C)(=O)=O)Cc1ccc(-c2ccc3ncnc(Nc4ccc(OCc5cccc(F)c5)c(Cl)c4)c3c2)o1.[Cl-]. The van der Waals surface area contributed by atoms with Gasteiger partial charge in [-0.1, -0.05) is 30.7 Å². The maximum absolute atomic E-state index is 13.5. The van der Waals surface area contributed by atoms with E-state index in [4.69, 9.17) is 20.8 Å². The third-order valence-corrected chi connectivity index (χ3v) is 7.98. The van der Waals surface area contributed by atoms with E-state index in [1.807, 2.05) is 36.4 Å². The molecule has 12 heteroatoms. The van der Waals surface area contributed by atoms with Crippen LogP contribution in [0.15, 0.2) is 83.5 Å². The zero-order chi connectivity index (χ0) is 30.4. The van der Waals surface area contributed by atoms with Gasteiger partial charge in [-0.25, -0.2) is 22.8 Å². The number of halogens is 3. The number of fused-ring (bicyclic) bond motifs is 1. The van der Waals surface area contributed by atoms with Crippen molar-refractivity contribution >= 4 is 43.8 Å². The number of rotatable bonds is 13. The molecule has 0 bridgehead atoms. The maximum Gasteiger partial charge on any atom is 0.148 e. The summed E-state index contributed by atoms with van der Waals surface area (Å²) in [6, 6.07) is 21.2. The van der Waals surface area contributed by atoms with Gasteiger partial charge in [-0.15, -0.1) is 0 Å². The number of sulfone groups is 1. The lowest BCUT2D eigenvalue weighted by atomic mass is 10.1. The monoisotopic (exact) mass is 657 g/mol. The van der Waals surface area contributed by atoms with Crippen LogP contribution >= 0.6 is 11.6 Å². The van der Waals surface area contributed by atoms with Gasteiger partial charge in [-0.05, 0) is 79.2 Å². The van der Waals surface area contributed by atoms with Crippen LogP contribution in [0.25, 0.3) is 22.2 Å². The average molecular weight is 659 g/mol. The molecule has 5 aromatic rings. The second-order valence-corrected chi connectivity index (χ2v) is 13.0. The highest BCUT2D eigenvalue weighted by Gasteiger charge is 2.14. The molecule has 8 nitrogen and oxygen atoms in total. The third kappa shape index (κ3) is 8.92. The molecule has 5 rings (SSSR count). The second kappa shape index (κ2) is 14.9. The molecule has 0 aliphatic rings. The van der Waals surface area contributed by atoms with Crippen LogP contribution in [0.1, 0.15) is 24.7 Å². The first kappa shape index (κ1) is 33.2. The molecule has 0 saturated heterocycles. The highest BCUT2D eigenvalue weighted by atomic mass is 35.5. The molecule has 0 atom stereocenters. The fourth-order valence-corrected chi connectivity index (χ4v) is 5.47. The van der Waals surface area contributed by atoms with Gasteiger partial charge < -0.3 is 26.9 Å². The normalized spacial score (nSPS) is 11.5. The van der Waals surface area contributed by atoms with E-state index < -0.39 is 9.84 Å². The summed E-state index contributed by atoms with van der Waals surface area (Å²) in [6.45, 7) is 4.01. The molecule has 2 aromatic heterocycles. The van der Waals surface area contributed by atoms with Crippen molar-refractivity contribution < 1.29 is 34.4 Å². The Hall–Kier alpha value is -3.70. The van der Waals surface area contributed by atoms with Gasteiger partial charge in [0.2, 0.25) is 0 Å². The Kier molecular flexibility index (Phi) is 11.2. The number of benzene rings is 3. The number of aromatic nitrogens is 2. The van der Waals surface area contributed by atoms with Crippen molar-refractivity contribution in [2.45, 2.75) is 26.5 Å². The average Bonchev–Trinajstić information content (AvgIpc) is 3.44. The minimum atomic E-state index is -3.05. The van der Waals surface area contributed by atoms with Gasteiger partial charge in [0.15, 0.2) is 0 Å². The Bertz CT molecular complexity index is 1830. The molecular formula is C32H32Cl2FN4O4S-. The van der Waals surface area contributed by atoms with Crippen molar-refractivity contribution in [1.82, 2.24) is 14.9 Å².